The highest BCUT2D eigenvalue weighted by Gasteiger charge is 2.65. The second kappa shape index (κ2) is 6.38. The van der Waals surface area contributed by atoms with E-state index in [1.165, 1.54) is 11.9 Å². The van der Waals surface area contributed by atoms with E-state index in [4.69, 9.17) is 9.47 Å². The van der Waals surface area contributed by atoms with Crippen LogP contribution in [0.25, 0.3) is 0 Å². The van der Waals surface area contributed by atoms with Crippen LogP contribution in [-0.2, 0) is 14.3 Å². The maximum atomic E-state index is 12.8. The van der Waals surface area contributed by atoms with Crippen LogP contribution in [0.15, 0.2) is 41.4 Å². The van der Waals surface area contributed by atoms with Gasteiger partial charge in [0.2, 0.25) is 11.8 Å². The maximum absolute atomic E-state index is 12.8. The van der Waals surface area contributed by atoms with Crippen LogP contribution in [0.3, 0.4) is 0 Å². The predicted octanol–water partition coefficient (Wildman–Crippen LogP) is 1.73. The molecule has 0 spiro atoms. The van der Waals surface area contributed by atoms with Gasteiger partial charge in [-0.3, -0.25) is 19.3 Å². The molecule has 5 rings (SSSR count). The van der Waals surface area contributed by atoms with Gasteiger partial charge in [0.25, 0.3) is 5.91 Å². The molecule has 28 heavy (non-hydrogen) atoms. The van der Waals surface area contributed by atoms with Crippen molar-refractivity contribution in [2.24, 2.45) is 28.7 Å². The van der Waals surface area contributed by atoms with Crippen LogP contribution in [0.4, 0.5) is 0 Å². The number of carbonyl (C=O) groups excluding carboxylic acids is 3. The molecule has 1 aromatic rings. The molecule has 1 heterocycles. The first-order valence-electron chi connectivity index (χ1n) is 9.15. The largest absolute Gasteiger partial charge is 0.497 e. The lowest BCUT2D eigenvalue weighted by Gasteiger charge is -2.50. The van der Waals surface area contributed by atoms with Gasteiger partial charge in [0.15, 0.2) is 0 Å². The van der Waals surface area contributed by atoms with Crippen molar-refractivity contribution >= 4 is 23.4 Å². The Hall–Kier alpha value is -2.80. The van der Waals surface area contributed by atoms with E-state index in [-0.39, 0.29) is 17.7 Å². The molecule has 3 amide bonds. The molecular formula is C21H22N2O5. The van der Waals surface area contributed by atoms with Gasteiger partial charge >= 0.3 is 0 Å². The quantitative estimate of drug-likeness (QED) is 0.587. The summed E-state index contributed by atoms with van der Waals surface area (Å²) in [6.45, 7) is 1.83. The van der Waals surface area contributed by atoms with Crippen LogP contribution in [0.2, 0.25) is 0 Å². The van der Waals surface area contributed by atoms with Gasteiger partial charge in [-0.2, -0.15) is 0 Å². The lowest BCUT2D eigenvalue weighted by molar-refractivity contribution is -0.138. The molecule has 3 aliphatic carbocycles. The summed E-state index contributed by atoms with van der Waals surface area (Å²) in [4.78, 5) is 43.7. The standard InChI is InChI=1S/C21H22N2O5/c1-21(28-4)14-10-9-13(15-16(14)20(26)23(2)19(15)25)17(21)22-18(24)11-5-7-12(27-3)8-6-11/h5-10,13-16H,1-4H3/t13-,14+,15+,16-,21-/m0/s1. The molecule has 146 valence electrons. The minimum Gasteiger partial charge on any atom is -0.497 e. The van der Waals surface area contributed by atoms with Gasteiger partial charge in [-0.05, 0) is 31.2 Å². The summed E-state index contributed by atoms with van der Waals surface area (Å²) in [7, 11) is 4.60. The zero-order valence-electron chi connectivity index (χ0n) is 16.2. The number of imide groups is 1. The van der Waals surface area contributed by atoms with Crippen molar-refractivity contribution in [1.82, 2.24) is 4.90 Å². The van der Waals surface area contributed by atoms with E-state index in [1.807, 2.05) is 19.1 Å². The maximum Gasteiger partial charge on any atom is 0.277 e. The molecule has 1 aliphatic heterocycles. The average molecular weight is 382 g/mol. The Morgan fingerprint density at radius 2 is 1.71 bits per heavy atom. The Kier molecular flexibility index (Phi) is 4.23. The van der Waals surface area contributed by atoms with E-state index < -0.39 is 29.3 Å². The van der Waals surface area contributed by atoms with E-state index in [9.17, 15) is 14.4 Å². The number of hydrogen-bond donors (Lipinski definition) is 0. The van der Waals surface area contributed by atoms with Crippen molar-refractivity contribution in [1.29, 1.82) is 0 Å². The summed E-state index contributed by atoms with van der Waals surface area (Å²) >= 11 is 0. The fourth-order valence-corrected chi connectivity index (χ4v) is 4.72. The van der Waals surface area contributed by atoms with Gasteiger partial charge in [0.05, 0.1) is 24.7 Å². The minimum absolute atomic E-state index is 0.196. The SMILES string of the molecule is COc1ccc(C(=O)N=C2[C@H]3C=C[C@H]([C@@H]4C(=O)N(C)C(=O)[C@@H]43)[C@]2(C)OC)cc1. The van der Waals surface area contributed by atoms with Gasteiger partial charge in [0, 0.05) is 31.6 Å². The molecule has 1 aromatic carbocycles. The zero-order chi connectivity index (χ0) is 20.2. The number of methoxy groups -OCH3 is 2. The molecule has 5 atom stereocenters. The number of benzene rings is 1. The van der Waals surface area contributed by atoms with E-state index in [2.05, 4.69) is 4.99 Å². The van der Waals surface area contributed by atoms with Crippen LogP contribution >= 0.6 is 0 Å². The Labute approximate surface area is 163 Å². The molecule has 7 nitrogen and oxygen atoms in total. The second-order valence-electron chi connectivity index (χ2n) is 7.57. The first-order valence-corrected chi connectivity index (χ1v) is 9.15. The third-order valence-corrected chi connectivity index (χ3v) is 6.36. The topological polar surface area (TPSA) is 85.3 Å². The van der Waals surface area contributed by atoms with Crippen LogP contribution in [0.5, 0.6) is 5.75 Å². The average Bonchev–Trinajstić information content (AvgIpc) is 2.95. The van der Waals surface area contributed by atoms with E-state index >= 15 is 0 Å². The number of amides is 3. The fraction of sp³-hybridized carbons (Fsp3) is 0.429. The molecular weight excluding hydrogens is 360 g/mol. The van der Waals surface area contributed by atoms with Gasteiger partial charge in [-0.1, -0.05) is 12.2 Å². The number of fused-ring (bicyclic) bond motifs is 1. The highest BCUT2D eigenvalue weighted by atomic mass is 16.5. The fourth-order valence-electron chi connectivity index (χ4n) is 4.72. The van der Waals surface area contributed by atoms with Crippen LogP contribution in [-0.4, -0.2) is 55.2 Å². The van der Waals surface area contributed by atoms with E-state index in [0.717, 1.165) is 0 Å². The summed E-state index contributed by atoms with van der Waals surface area (Å²) in [5.74, 6) is -1.99. The number of likely N-dealkylation sites (tertiary alicyclic amines) is 1. The summed E-state index contributed by atoms with van der Waals surface area (Å²) in [5.41, 5.74) is -0.00945. The number of carbonyl (C=O) groups is 3. The van der Waals surface area contributed by atoms with Crippen molar-refractivity contribution in [2.75, 3.05) is 21.3 Å². The molecule has 1 saturated carbocycles. The van der Waals surface area contributed by atoms with Crippen LogP contribution in [0.1, 0.15) is 17.3 Å². The monoisotopic (exact) mass is 382 g/mol. The molecule has 0 aromatic heterocycles. The summed E-state index contributed by atoms with van der Waals surface area (Å²) in [6, 6.07) is 6.68. The summed E-state index contributed by atoms with van der Waals surface area (Å²) in [5, 5.41) is 0. The van der Waals surface area contributed by atoms with Gasteiger partial charge in [-0.25, -0.2) is 4.99 Å². The number of nitrogens with zero attached hydrogens (tertiary/aromatic N) is 2. The highest BCUT2D eigenvalue weighted by molar-refractivity contribution is 6.15. The van der Waals surface area contributed by atoms with Crippen molar-refractivity contribution < 1.29 is 23.9 Å². The van der Waals surface area contributed by atoms with E-state index in [0.29, 0.717) is 17.0 Å². The molecule has 2 bridgehead atoms. The number of hydrogen-bond acceptors (Lipinski definition) is 5. The lowest BCUT2D eigenvalue weighted by Crippen LogP contribution is -2.61. The number of aliphatic imine (C=N–C) groups is 1. The zero-order valence-corrected chi connectivity index (χ0v) is 16.2. The first kappa shape index (κ1) is 18.6. The van der Waals surface area contributed by atoms with Gasteiger partial charge in [0.1, 0.15) is 11.4 Å². The second-order valence-corrected chi connectivity index (χ2v) is 7.57. The minimum atomic E-state index is -0.927. The number of ether oxygens (including phenoxy) is 2. The van der Waals surface area contributed by atoms with Gasteiger partial charge < -0.3 is 9.47 Å². The summed E-state index contributed by atoms with van der Waals surface area (Å²) in [6.07, 6.45) is 3.81. The Bertz CT molecular complexity index is 919. The Morgan fingerprint density at radius 1 is 1.07 bits per heavy atom. The van der Waals surface area contributed by atoms with Crippen molar-refractivity contribution in [3.8, 4) is 5.75 Å². The number of allylic oxidation sites excluding steroid dienone is 1. The molecule has 1 saturated heterocycles. The highest BCUT2D eigenvalue weighted by Crippen LogP contribution is 2.53. The smallest absolute Gasteiger partial charge is 0.277 e. The lowest BCUT2D eigenvalue weighted by atomic mass is 9.56. The molecule has 2 fully saturated rings. The molecule has 0 radical (unpaired) electrons. The van der Waals surface area contributed by atoms with Crippen molar-refractivity contribution in [3.05, 3.63) is 42.0 Å². The first-order chi connectivity index (χ1) is 13.3. The third-order valence-electron chi connectivity index (χ3n) is 6.36. The van der Waals surface area contributed by atoms with Crippen LogP contribution < -0.4 is 4.74 Å². The van der Waals surface area contributed by atoms with Crippen molar-refractivity contribution in [2.45, 2.75) is 12.5 Å². The molecule has 4 aliphatic rings. The normalized spacial score (nSPS) is 34.9. The van der Waals surface area contributed by atoms with Gasteiger partial charge in [-0.15, -0.1) is 0 Å². The molecule has 0 N–H and O–H groups in total. The van der Waals surface area contributed by atoms with E-state index in [1.54, 1.807) is 38.5 Å². The Balaban J connectivity index is 1.77. The Morgan fingerprint density at radius 3 is 2.32 bits per heavy atom. The predicted molar refractivity (Wildman–Crippen MR) is 101 cm³/mol. The van der Waals surface area contributed by atoms with Crippen molar-refractivity contribution in [3.63, 3.8) is 0 Å². The molecule has 0 unspecified atom stereocenters. The van der Waals surface area contributed by atoms with Crippen LogP contribution in [0, 0.1) is 23.7 Å². The summed E-state index contributed by atoms with van der Waals surface area (Å²) < 4.78 is 10.9. The number of rotatable bonds is 3. The molecule has 7 heteroatoms. The third kappa shape index (κ3) is 2.39.